The summed E-state index contributed by atoms with van der Waals surface area (Å²) in [6.45, 7) is 6.12. The molecule has 0 unspecified atom stereocenters. The quantitative estimate of drug-likeness (QED) is 0.765. The molecule has 0 aliphatic heterocycles. The first-order valence-electron chi connectivity index (χ1n) is 5.23. The number of hydrogen-bond acceptors (Lipinski definition) is 1. The van der Waals surface area contributed by atoms with E-state index in [2.05, 4.69) is 6.58 Å². The molecular weight excluding hydrogens is 205 g/mol. The van der Waals surface area contributed by atoms with E-state index in [9.17, 15) is 9.18 Å². The summed E-state index contributed by atoms with van der Waals surface area (Å²) in [7, 11) is 1.75. The molecule has 0 radical (unpaired) electrons. The minimum atomic E-state index is -0.310. The third-order valence-electron chi connectivity index (χ3n) is 2.54. The fourth-order valence-electron chi connectivity index (χ4n) is 1.35. The van der Waals surface area contributed by atoms with Gasteiger partial charge in [-0.25, -0.2) is 4.39 Å². The van der Waals surface area contributed by atoms with Crippen LogP contribution in [-0.2, 0) is 11.2 Å². The van der Waals surface area contributed by atoms with Crippen molar-refractivity contribution in [2.75, 3.05) is 13.6 Å². The molecule has 3 heteroatoms. The Bertz CT molecular complexity index is 401. The van der Waals surface area contributed by atoms with Crippen LogP contribution in [-0.4, -0.2) is 24.4 Å². The topological polar surface area (TPSA) is 20.3 Å². The molecule has 1 rings (SSSR count). The van der Waals surface area contributed by atoms with E-state index in [0.29, 0.717) is 18.5 Å². The molecule has 0 N–H and O–H groups in total. The molecule has 1 amide bonds. The van der Waals surface area contributed by atoms with E-state index in [4.69, 9.17) is 0 Å². The predicted octanol–water partition coefficient (Wildman–Crippen LogP) is 2.49. The summed E-state index contributed by atoms with van der Waals surface area (Å²) in [5.74, 6) is -0.279. The van der Waals surface area contributed by atoms with E-state index in [-0.39, 0.29) is 11.7 Å². The number of carbonyl (C=O) groups is 1. The van der Waals surface area contributed by atoms with Gasteiger partial charge in [-0.3, -0.25) is 4.79 Å². The first-order chi connectivity index (χ1) is 7.58. The van der Waals surface area contributed by atoms with Crippen LogP contribution in [0.3, 0.4) is 0 Å². The Morgan fingerprint density at radius 1 is 1.56 bits per heavy atom. The summed E-state index contributed by atoms with van der Waals surface area (Å²) in [6.07, 6.45) is 1.75. The lowest BCUT2D eigenvalue weighted by molar-refractivity contribution is -0.128. The second kappa shape index (κ2) is 5.45. The van der Waals surface area contributed by atoms with Gasteiger partial charge in [0, 0.05) is 19.2 Å². The van der Waals surface area contributed by atoms with Crippen molar-refractivity contribution in [1.29, 1.82) is 0 Å². The molecule has 0 aromatic heterocycles. The molecular formula is C13H16FNO. The number of halogens is 1. The molecule has 0 atom stereocenters. The summed E-state index contributed by atoms with van der Waals surface area (Å²) >= 11 is 0. The fraction of sp³-hybridized carbons (Fsp3) is 0.308. The number of hydrogen-bond donors (Lipinski definition) is 0. The standard InChI is InChI=1S/C13H16FNO/c1-4-11-8-10(6-7-12(11)14)9-13(16)15(3)5-2/h4,6-8H,1,5,9H2,2-3H3. The highest BCUT2D eigenvalue weighted by molar-refractivity contribution is 5.78. The Morgan fingerprint density at radius 3 is 2.81 bits per heavy atom. The second-order valence-electron chi connectivity index (χ2n) is 3.64. The minimum Gasteiger partial charge on any atom is -0.346 e. The molecule has 1 aromatic rings. The van der Waals surface area contributed by atoms with Crippen molar-refractivity contribution in [2.45, 2.75) is 13.3 Å². The van der Waals surface area contributed by atoms with Crippen LogP contribution in [0.25, 0.3) is 6.08 Å². The van der Waals surface area contributed by atoms with Gasteiger partial charge in [0.1, 0.15) is 5.82 Å². The summed E-state index contributed by atoms with van der Waals surface area (Å²) in [4.78, 5) is 13.3. The third-order valence-corrected chi connectivity index (χ3v) is 2.54. The summed E-state index contributed by atoms with van der Waals surface area (Å²) in [6, 6.07) is 4.65. The normalized spacial score (nSPS) is 9.94. The number of rotatable bonds is 4. The highest BCUT2D eigenvalue weighted by atomic mass is 19.1. The average Bonchev–Trinajstić information content (AvgIpc) is 2.30. The van der Waals surface area contributed by atoms with Gasteiger partial charge in [-0.05, 0) is 24.6 Å². The van der Waals surface area contributed by atoms with Crippen LogP contribution in [0.15, 0.2) is 24.8 Å². The van der Waals surface area contributed by atoms with Crippen molar-refractivity contribution < 1.29 is 9.18 Å². The van der Waals surface area contributed by atoms with E-state index in [1.807, 2.05) is 6.92 Å². The van der Waals surface area contributed by atoms with Gasteiger partial charge < -0.3 is 4.90 Å². The minimum absolute atomic E-state index is 0.0316. The van der Waals surface area contributed by atoms with Gasteiger partial charge >= 0.3 is 0 Å². The van der Waals surface area contributed by atoms with Crippen LogP contribution >= 0.6 is 0 Å². The molecule has 86 valence electrons. The van der Waals surface area contributed by atoms with Crippen molar-refractivity contribution in [1.82, 2.24) is 4.90 Å². The Balaban J connectivity index is 2.82. The largest absolute Gasteiger partial charge is 0.346 e. The molecule has 0 spiro atoms. The lowest BCUT2D eigenvalue weighted by Crippen LogP contribution is -2.27. The zero-order valence-electron chi connectivity index (χ0n) is 9.66. The van der Waals surface area contributed by atoms with Crippen molar-refractivity contribution in [3.05, 3.63) is 41.7 Å². The average molecular weight is 221 g/mol. The lowest BCUT2D eigenvalue weighted by Gasteiger charge is -2.14. The number of amides is 1. The zero-order valence-corrected chi connectivity index (χ0v) is 9.66. The molecule has 0 aliphatic rings. The van der Waals surface area contributed by atoms with Crippen LogP contribution in [0, 0.1) is 5.82 Å². The van der Waals surface area contributed by atoms with E-state index < -0.39 is 0 Å². The monoisotopic (exact) mass is 221 g/mol. The Labute approximate surface area is 95.4 Å². The SMILES string of the molecule is C=Cc1cc(CC(=O)N(C)CC)ccc1F. The van der Waals surface area contributed by atoms with Gasteiger partial charge in [0.2, 0.25) is 5.91 Å². The highest BCUT2D eigenvalue weighted by Gasteiger charge is 2.08. The Morgan fingerprint density at radius 2 is 2.25 bits per heavy atom. The maximum Gasteiger partial charge on any atom is 0.226 e. The van der Waals surface area contributed by atoms with Crippen LogP contribution in [0.1, 0.15) is 18.1 Å². The Hall–Kier alpha value is -1.64. The molecule has 0 saturated heterocycles. The predicted molar refractivity (Wildman–Crippen MR) is 63.5 cm³/mol. The smallest absolute Gasteiger partial charge is 0.226 e. The maximum absolute atomic E-state index is 13.2. The lowest BCUT2D eigenvalue weighted by atomic mass is 10.1. The summed E-state index contributed by atoms with van der Waals surface area (Å²) in [5.41, 5.74) is 1.24. The maximum atomic E-state index is 13.2. The second-order valence-corrected chi connectivity index (χ2v) is 3.64. The van der Waals surface area contributed by atoms with Crippen LogP contribution in [0.2, 0.25) is 0 Å². The molecule has 0 bridgehead atoms. The van der Waals surface area contributed by atoms with E-state index in [0.717, 1.165) is 5.56 Å². The number of benzene rings is 1. The van der Waals surface area contributed by atoms with Gasteiger partial charge in [-0.2, -0.15) is 0 Å². The molecule has 0 heterocycles. The zero-order chi connectivity index (χ0) is 12.1. The first kappa shape index (κ1) is 12.4. The number of likely N-dealkylation sites (N-methyl/N-ethyl adjacent to an activating group) is 1. The van der Waals surface area contributed by atoms with Crippen LogP contribution in [0.4, 0.5) is 4.39 Å². The fourth-order valence-corrected chi connectivity index (χ4v) is 1.35. The van der Waals surface area contributed by atoms with Crippen LogP contribution in [0.5, 0.6) is 0 Å². The molecule has 1 aromatic carbocycles. The molecule has 2 nitrogen and oxygen atoms in total. The van der Waals surface area contributed by atoms with Gasteiger partial charge in [-0.1, -0.05) is 18.7 Å². The van der Waals surface area contributed by atoms with E-state index in [1.54, 1.807) is 24.1 Å². The molecule has 0 aliphatic carbocycles. The van der Waals surface area contributed by atoms with Crippen LogP contribution < -0.4 is 0 Å². The highest BCUT2D eigenvalue weighted by Crippen LogP contribution is 2.12. The Kier molecular flexibility index (Phi) is 4.23. The third kappa shape index (κ3) is 2.92. The van der Waals surface area contributed by atoms with Gasteiger partial charge in [-0.15, -0.1) is 0 Å². The van der Waals surface area contributed by atoms with Gasteiger partial charge in [0.05, 0.1) is 6.42 Å². The van der Waals surface area contributed by atoms with Crippen molar-refractivity contribution in [3.63, 3.8) is 0 Å². The number of carbonyl (C=O) groups excluding carboxylic acids is 1. The first-order valence-corrected chi connectivity index (χ1v) is 5.23. The van der Waals surface area contributed by atoms with Crippen molar-refractivity contribution in [2.24, 2.45) is 0 Å². The van der Waals surface area contributed by atoms with Crippen molar-refractivity contribution in [3.8, 4) is 0 Å². The molecule has 0 saturated carbocycles. The van der Waals surface area contributed by atoms with Gasteiger partial charge in [0.25, 0.3) is 0 Å². The van der Waals surface area contributed by atoms with E-state index >= 15 is 0 Å². The van der Waals surface area contributed by atoms with E-state index in [1.165, 1.54) is 12.1 Å². The summed E-state index contributed by atoms with van der Waals surface area (Å²) < 4.78 is 13.2. The molecule has 0 fully saturated rings. The van der Waals surface area contributed by atoms with Gasteiger partial charge in [0.15, 0.2) is 0 Å². The number of nitrogens with zero attached hydrogens (tertiary/aromatic N) is 1. The van der Waals surface area contributed by atoms with Crippen molar-refractivity contribution >= 4 is 12.0 Å². The summed E-state index contributed by atoms with van der Waals surface area (Å²) in [5, 5.41) is 0. The molecule has 16 heavy (non-hydrogen) atoms.